The van der Waals surface area contributed by atoms with Crippen LogP contribution >= 0.6 is 0 Å². The second kappa shape index (κ2) is 2.72. The Morgan fingerprint density at radius 3 is 2.10 bits per heavy atom. The summed E-state index contributed by atoms with van der Waals surface area (Å²) in [6.45, 7) is 4.47. The minimum absolute atomic E-state index is 0.581. The van der Waals surface area contributed by atoms with Crippen LogP contribution < -0.4 is 0 Å². The highest BCUT2D eigenvalue weighted by Gasteiger charge is 2.29. The molecule has 0 aromatic heterocycles. The summed E-state index contributed by atoms with van der Waals surface area (Å²) in [6.07, 6.45) is 8.63. The zero-order valence-corrected chi connectivity index (χ0v) is 7.79. The summed E-state index contributed by atoms with van der Waals surface area (Å²) < 4.78 is 5.46. The van der Waals surface area contributed by atoms with Gasteiger partial charge in [0.05, 0.1) is 0 Å². The van der Waals surface area contributed by atoms with E-state index in [2.05, 4.69) is 37.4 Å². The molecule has 1 aliphatic rings. The summed E-state index contributed by atoms with van der Waals surface area (Å²) in [5.74, 6) is 0. The van der Waals surface area contributed by atoms with Gasteiger partial charge in [-0.25, -0.2) is 0 Å². The van der Waals surface area contributed by atoms with Crippen LogP contribution in [0, 0.1) is 0 Å². The van der Waals surface area contributed by atoms with Gasteiger partial charge in [0, 0.05) is 12.7 Å². The molecule has 0 atom stereocenters. The molecule has 0 heterocycles. The fraction of sp³-hybridized carbons (Fsp3) is 0.500. The summed E-state index contributed by atoms with van der Waals surface area (Å²) in [4.78, 5) is 0. The Labute approximate surface area is 63.5 Å². The standard InChI is InChI=1S/C8H14OSi/c1-9-10(2,3)8-6-4-5-7-8/h4-8H,1-3H3. The molecule has 0 aromatic rings. The highest BCUT2D eigenvalue weighted by molar-refractivity contribution is 6.73. The van der Waals surface area contributed by atoms with Crippen molar-refractivity contribution in [2.24, 2.45) is 0 Å². The van der Waals surface area contributed by atoms with Crippen molar-refractivity contribution in [1.29, 1.82) is 0 Å². The summed E-state index contributed by atoms with van der Waals surface area (Å²) in [7, 11) is 0.394. The van der Waals surface area contributed by atoms with Gasteiger partial charge in [-0.3, -0.25) is 0 Å². The van der Waals surface area contributed by atoms with Gasteiger partial charge in [-0.05, 0) is 13.1 Å². The molecule has 0 amide bonds. The van der Waals surface area contributed by atoms with Crippen molar-refractivity contribution in [1.82, 2.24) is 0 Å². The molecule has 0 bridgehead atoms. The lowest BCUT2D eigenvalue weighted by Crippen LogP contribution is -2.32. The zero-order chi connectivity index (χ0) is 7.61. The average Bonchev–Trinajstić information content (AvgIpc) is 2.38. The van der Waals surface area contributed by atoms with Crippen LogP contribution in [0.5, 0.6) is 0 Å². The van der Waals surface area contributed by atoms with Gasteiger partial charge in [-0.2, -0.15) is 0 Å². The maximum atomic E-state index is 5.46. The van der Waals surface area contributed by atoms with Gasteiger partial charge in [-0.1, -0.05) is 24.3 Å². The molecule has 0 saturated heterocycles. The first-order valence-electron chi connectivity index (χ1n) is 3.57. The van der Waals surface area contributed by atoms with Crippen LogP contribution in [-0.2, 0) is 4.43 Å². The van der Waals surface area contributed by atoms with E-state index in [4.69, 9.17) is 4.43 Å². The number of hydrogen-bond donors (Lipinski definition) is 0. The maximum Gasteiger partial charge on any atom is 0.196 e. The third-order valence-corrected chi connectivity index (χ3v) is 5.12. The fourth-order valence-electron chi connectivity index (χ4n) is 1.03. The van der Waals surface area contributed by atoms with E-state index in [1.807, 2.05) is 7.11 Å². The Kier molecular flexibility index (Phi) is 2.11. The molecule has 1 nitrogen and oxygen atoms in total. The van der Waals surface area contributed by atoms with Crippen molar-refractivity contribution in [3.05, 3.63) is 24.3 Å². The quantitative estimate of drug-likeness (QED) is 0.555. The van der Waals surface area contributed by atoms with Gasteiger partial charge in [-0.15, -0.1) is 0 Å². The highest BCUT2D eigenvalue weighted by atomic mass is 28.4. The second-order valence-corrected chi connectivity index (χ2v) is 7.38. The lowest BCUT2D eigenvalue weighted by Gasteiger charge is -2.24. The largest absolute Gasteiger partial charge is 0.420 e. The van der Waals surface area contributed by atoms with Crippen LogP contribution in [0.4, 0.5) is 0 Å². The summed E-state index contributed by atoms with van der Waals surface area (Å²) >= 11 is 0. The van der Waals surface area contributed by atoms with E-state index in [1.54, 1.807) is 0 Å². The van der Waals surface area contributed by atoms with Gasteiger partial charge in [0.25, 0.3) is 0 Å². The predicted molar refractivity (Wildman–Crippen MR) is 46.5 cm³/mol. The third-order valence-electron chi connectivity index (χ3n) is 2.08. The van der Waals surface area contributed by atoms with Crippen molar-refractivity contribution in [3.8, 4) is 0 Å². The van der Waals surface area contributed by atoms with Crippen LogP contribution in [0.1, 0.15) is 0 Å². The molecule has 1 aliphatic carbocycles. The van der Waals surface area contributed by atoms with Crippen molar-refractivity contribution in [2.75, 3.05) is 7.11 Å². The molecule has 0 radical (unpaired) electrons. The van der Waals surface area contributed by atoms with E-state index >= 15 is 0 Å². The Hall–Kier alpha value is -0.343. The monoisotopic (exact) mass is 154 g/mol. The van der Waals surface area contributed by atoms with Gasteiger partial charge in [0.15, 0.2) is 8.32 Å². The average molecular weight is 154 g/mol. The van der Waals surface area contributed by atoms with Crippen LogP contribution in [0.25, 0.3) is 0 Å². The van der Waals surface area contributed by atoms with E-state index in [0.29, 0.717) is 5.54 Å². The van der Waals surface area contributed by atoms with Crippen molar-refractivity contribution >= 4 is 8.32 Å². The zero-order valence-electron chi connectivity index (χ0n) is 6.79. The lowest BCUT2D eigenvalue weighted by atomic mass is 10.5. The Bertz CT molecular complexity index is 158. The first-order chi connectivity index (χ1) is 4.67. The molecule has 0 spiro atoms. The first-order valence-corrected chi connectivity index (χ1v) is 6.55. The Balaban J connectivity index is 2.64. The van der Waals surface area contributed by atoms with E-state index in [-0.39, 0.29) is 0 Å². The minimum atomic E-state index is -1.42. The number of rotatable bonds is 2. The SMILES string of the molecule is CO[Si](C)(C)C1C=CC=C1. The number of hydrogen-bond acceptors (Lipinski definition) is 1. The summed E-state index contributed by atoms with van der Waals surface area (Å²) in [5.41, 5.74) is 0.581. The van der Waals surface area contributed by atoms with Crippen LogP contribution in [-0.4, -0.2) is 15.4 Å². The molecular weight excluding hydrogens is 140 g/mol. The predicted octanol–water partition coefficient (Wildman–Crippen LogP) is 2.33. The maximum absolute atomic E-state index is 5.46. The molecular formula is C8H14OSi. The molecule has 0 aromatic carbocycles. The molecule has 1 rings (SSSR count). The van der Waals surface area contributed by atoms with Crippen LogP contribution in [0.3, 0.4) is 0 Å². The highest BCUT2D eigenvalue weighted by Crippen LogP contribution is 2.28. The molecule has 0 fully saturated rings. The molecule has 10 heavy (non-hydrogen) atoms. The molecule has 0 aliphatic heterocycles. The summed E-state index contributed by atoms with van der Waals surface area (Å²) in [6, 6.07) is 0. The topological polar surface area (TPSA) is 9.23 Å². The van der Waals surface area contributed by atoms with Gasteiger partial charge in [0.1, 0.15) is 0 Å². The second-order valence-electron chi connectivity index (χ2n) is 3.10. The van der Waals surface area contributed by atoms with Crippen LogP contribution in [0.15, 0.2) is 24.3 Å². The minimum Gasteiger partial charge on any atom is -0.420 e. The Morgan fingerprint density at radius 1 is 1.20 bits per heavy atom. The molecule has 0 saturated carbocycles. The van der Waals surface area contributed by atoms with E-state index in [9.17, 15) is 0 Å². The fourth-order valence-corrected chi connectivity index (χ4v) is 2.45. The lowest BCUT2D eigenvalue weighted by molar-refractivity contribution is 0.402. The molecule has 0 unspecified atom stereocenters. The van der Waals surface area contributed by atoms with Crippen molar-refractivity contribution < 1.29 is 4.43 Å². The smallest absolute Gasteiger partial charge is 0.196 e. The molecule has 56 valence electrons. The van der Waals surface area contributed by atoms with Gasteiger partial charge >= 0.3 is 0 Å². The van der Waals surface area contributed by atoms with Gasteiger partial charge in [0.2, 0.25) is 0 Å². The van der Waals surface area contributed by atoms with Crippen LogP contribution in [0.2, 0.25) is 18.6 Å². The number of allylic oxidation sites excluding steroid dienone is 4. The van der Waals surface area contributed by atoms with E-state index in [0.717, 1.165) is 0 Å². The normalized spacial score (nSPS) is 18.7. The Morgan fingerprint density at radius 2 is 1.70 bits per heavy atom. The summed E-state index contributed by atoms with van der Waals surface area (Å²) in [5, 5.41) is 0. The molecule has 2 heteroatoms. The molecule has 0 N–H and O–H groups in total. The first kappa shape index (κ1) is 7.76. The van der Waals surface area contributed by atoms with Crippen molar-refractivity contribution in [3.63, 3.8) is 0 Å². The third kappa shape index (κ3) is 1.38. The van der Waals surface area contributed by atoms with Gasteiger partial charge < -0.3 is 4.43 Å². The van der Waals surface area contributed by atoms with E-state index in [1.165, 1.54) is 0 Å². The van der Waals surface area contributed by atoms with Crippen molar-refractivity contribution in [2.45, 2.75) is 18.6 Å². The van der Waals surface area contributed by atoms with E-state index < -0.39 is 8.32 Å².